The van der Waals surface area contributed by atoms with E-state index in [1.54, 1.807) is 7.11 Å². The number of benzene rings is 2. The van der Waals surface area contributed by atoms with E-state index >= 15 is 0 Å². The summed E-state index contributed by atoms with van der Waals surface area (Å²) in [5, 5.41) is 15.3. The summed E-state index contributed by atoms with van der Waals surface area (Å²) in [6.07, 6.45) is 1.02. The molecule has 3 N–H and O–H groups in total. The quantitative estimate of drug-likeness (QED) is 0.509. The molecule has 0 aliphatic rings. The normalized spacial score (nSPS) is 10.7. The molecule has 0 amide bonds. The van der Waals surface area contributed by atoms with Crippen molar-refractivity contribution in [3.05, 3.63) is 59.2 Å². The highest BCUT2D eigenvalue weighted by Crippen LogP contribution is 2.29. The maximum Gasteiger partial charge on any atom is 0.161 e. The average molecular weight is 358 g/mol. The van der Waals surface area contributed by atoms with Crippen LogP contribution in [0, 0.1) is 6.92 Å². The van der Waals surface area contributed by atoms with Crippen LogP contribution < -0.4 is 20.1 Å². The van der Waals surface area contributed by atoms with Crippen LogP contribution in [0.25, 0.3) is 0 Å². The molecule has 0 bridgehead atoms. The number of hydrogen-bond donors (Lipinski definition) is 3. The Morgan fingerprint density at radius 1 is 0.962 bits per heavy atom. The van der Waals surface area contributed by atoms with Crippen molar-refractivity contribution >= 4 is 0 Å². The van der Waals surface area contributed by atoms with Gasteiger partial charge in [-0.05, 0) is 55.3 Å². The molecule has 0 saturated heterocycles. The number of aryl methyl sites for hydroxylation is 1. The molecule has 0 atom stereocenters. The molecular formula is C21H30N2O3. The summed E-state index contributed by atoms with van der Waals surface area (Å²) < 4.78 is 11.4. The van der Waals surface area contributed by atoms with Gasteiger partial charge in [0.05, 0.1) is 13.7 Å². The lowest BCUT2D eigenvalue weighted by Gasteiger charge is -2.13. The van der Waals surface area contributed by atoms with E-state index in [4.69, 9.17) is 14.6 Å². The molecule has 0 aliphatic heterocycles. The van der Waals surface area contributed by atoms with Gasteiger partial charge in [-0.25, -0.2) is 0 Å². The molecule has 2 aromatic rings. The molecule has 5 nitrogen and oxygen atoms in total. The van der Waals surface area contributed by atoms with Crippen LogP contribution >= 0.6 is 0 Å². The largest absolute Gasteiger partial charge is 0.493 e. The Bertz CT molecular complexity index is 661. The van der Waals surface area contributed by atoms with Crippen LogP contribution in [-0.4, -0.2) is 38.5 Å². The number of ether oxygens (including phenoxy) is 2. The fraction of sp³-hybridized carbons (Fsp3) is 0.429. The zero-order chi connectivity index (χ0) is 18.6. The molecule has 0 saturated carbocycles. The minimum Gasteiger partial charge on any atom is -0.493 e. The summed E-state index contributed by atoms with van der Waals surface area (Å²) in [7, 11) is 1.67. The Labute approximate surface area is 156 Å². The predicted molar refractivity (Wildman–Crippen MR) is 105 cm³/mol. The maximum absolute atomic E-state index is 8.71. The van der Waals surface area contributed by atoms with E-state index < -0.39 is 0 Å². The summed E-state index contributed by atoms with van der Waals surface area (Å²) in [4.78, 5) is 0. The number of aliphatic hydroxyl groups is 1. The third-order valence-electron chi connectivity index (χ3n) is 4.20. The second-order valence-corrected chi connectivity index (χ2v) is 6.20. The summed E-state index contributed by atoms with van der Waals surface area (Å²) in [5.41, 5.74) is 3.56. The van der Waals surface area contributed by atoms with Gasteiger partial charge in [0.2, 0.25) is 0 Å². The summed E-state index contributed by atoms with van der Waals surface area (Å²) in [5.74, 6) is 1.51. The Balaban J connectivity index is 1.82. The zero-order valence-corrected chi connectivity index (χ0v) is 15.8. The smallest absolute Gasteiger partial charge is 0.161 e. The summed E-state index contributed by atoms with van der Waals surface area (Å²) >= 11 is 0. The predicted octanol–water partition coefficient (Wildman–Crippen LogP) is 2.64. The molecule has 0 radical (unpaired) electrons. The van der Waals surface area contributed by atoms with Crippen LogP contribution in [0.5, 0.6) is 11.5 Å². The van der Waals surface area contributed by atoms with E-state index in [9.17, 15) is 0 Å². The molecule has 2 aromatic carbocycles. The first-order chi connectivity index (χ1) is 12.7. The molecule has 0 aliphatic carbocycles. The minimum atomic E-state index is 0.186. The molecule has 0 spiro atoms. The second kappa shape index (κ2) is 11.5. The molecule has 2 rings (SSSR count). The van der Waals surface area contributed by atoms with E-state index in [1.165, 1.54) is 11.1 Å². The van der Waals surface area contributed by atoms with Gasteiger partial charge in [0.15, 0.2) is 11.5 Å². The Hall–Kier alpha value is -2.08. The SMILES string of the molecule is COc1cc(CNCCCNCCO)ccc1OCc1ccccc1C. The lowest BCUT2D eigenvalue weighted by Crippen LogP contribution is -2.23. The highest BCUT2D eigenvalue weighted by Gasteiger charge is 2.07. The molecule has 0 heterocycles. The topological polar surface area (TPSA) is 62.8 Å². The summed E-state index contributed by atoms with van der Waals surface area (Å²) in [6, 6.07) is 14.3. The van der Waals surface area contributed by atoms with Crippen molar-refractivity contribution in [2.75, 3.05) is 33.4 Å². The van der Waals surface area contributed by atoms with Crippen molar-refractivity contribution in [2.45, 2.75) is 26.5 Å². The van der Waals surface area contributed by atoms with Gasteiger partial charge in [-0.3, -0.25) is 0 Å². The van der Waals surface area contributed by atoms with Gasteiger partial charge in [-0.15, -0.1) is 0 Å². The zero-order valence-electron chi connectivity index (χ0n) is 15.8. The highest BCUT2D eigenvalue weighted by atomic mass is 16.5. The monoisotopic (exact) mass is 358 g/mol. The fourth-order valence-electron chi connectivity index (χ4n) is 2.64. The van der Waals surface area contributed by atoms with Crippen LogP contribution in [0.3, 0.4) is 0 Å². The standard InChI is InChI=1S/C21H30N2O3/c1-17-6-3-4-7-19(17)16-26-20-9-8-18(14-21(20)25-2)15-23-11-5-10-22-12-13-24/h3-4,6-9,14,22-24H,5,10-13,15-16H2,1-2H3. The average Bonchev–Trinajstić information content (AvgIpc) is 2.67. The van der Waals surface area contributed by atoms with E-state index in [0.717, 1.165) is 43.1 Å². The van der Waals surface area contributed by atoms with E-state index in [2.05, 4.69) is 35.8 Å². The molecule has 142 valence electrons. The van der Waals surface area contributed by atoms with Crippen LogP contribution in [0.1, 0.15) is 23.1 Å². The van der Waals surface area contributed by atoms with Crippen molar-refractivity contribution in [3.8, 4) is 11.5 Å². The van der Waals surface area contributed by atoms with Crippen LogP contribution in [0.4, 0.5) is 0 Å². The van der Waals surface area contributed by atoms with Crippen molar-refractivity contribution in [3.63, 3.8) is 0 Å². The molecule has 0 aromatic heterocycles. The van der Waals surface area contributed by atoms with Crippen molar-refractivity contribution in [1.29, 1.82) is 0 Å². The van der Waals surface area contributed by atoms with Crippen LogP contribution in [-0.2, 0) is 13.2 Å². The first kappa shape index (κ1) is 20.2. The third-order valence-corrected chi connectivity index (χ3v) is 4.20. The van der Waals surface area contributed by atoms with Gasteiger partial charge < -0.3 is 25.2 Å². The lowest BCUT2D eigenvalue weighted by atomic mass is 10.1. The van der Waals surface area contributed by atoms with E-state index in [0.29, 0.717) is 13.2 Å². The molecule has 5 heteroatoms. The molecule has 26 heavy (non-hydrogen) atoms. The van der Waals surface area contributed by atoms with Gasteiger partial charge in [0.1, 0.15) is 6.61 Å². The van der Waals surface area contributed by atoms with Crippen LogP contribution in [0.15, 0.2) is 42.5 Å². The van der Waals surface area contributed by atoms with Crippen LogP contribution in [0.2, 0.25) is 0 Å². The summed E-state index contributed by atoms with van der Waals surface area (Å²) in [6.45, 7) is 6.07. The lowest BCUT2D eigenvalue weighted by molar-refractivity contribution is 0.283. The maximum atomic E-state index is 8.71. The first-order valence-corrected chi connectivity index (χ1v) is 9.11. The third kappa shape index (κ3) is 6.67. The second-order valence-electron chi connectivity index (χ2n) is 6.20. The number of nitrogens with one attached hydrogen (secondary N) is 2. The van der Waals surface area contributed by atoms with E-state index in [1.807, 2.05) is 24.3 Å². The molecule has 0 fully saturated rings. The van der Waals surface area contributed by atoms with Crippen molar-refractivity contribution in [1.82, 2.24) is 10.6 Å². The van der Waals surface area contributed by atoms with Crippen molar-refractivity contribution in [2.24, 2.45) is 0 Å². The number of rotatable bonds is 12. The van der Waals surface area contributed by atoms with E-state index in [-0.39, 0.29) is 6.61 Å². The Morgan fingerprint density at radius 2 is 1.77 bits per heavy atom. The first-order valence-electron chi connectivity index (χ1n) is 9.11. The van der Waals surface area contributed by atoms with Gasteiger partial charge in [0.25, 0.3) is 0 Å². The minimum absolute atomic E-state index is 0.186. The van der Waals surface area contributed by atoms with Crippen molar-refractivity contribution < 1.29 is 14.6 Å². The van der Waals surface area contributed by atoms with Gasteiger partial charge >= 0.3 is 0 Å². The Kier molecular flexibility index (Phi) is 8.96. The van der Waals surface area contributed by atoms with Gasteiger partial charge in [-0.1, -0.05) is 30.3 Å². The number of hydrogen-bond acceptors (Lipinski definition) is 5. The highest BCUT2D eigenvalue weighted by molar-refractivity contribution is 5.43. The van der Waals surface area contributed by atoms with Gasteiger partial charge in [0, 0.05) is 13.1 Å². The number of aliphatic hydroxyl groups excluding tert-OH is 1. The number of methoxy groups -OCH3 is 1. The fourth-order valence-corrected chi connectivity index (χ4v) is 2.64. The van der Waals surface area contributed by atoms with Gasteiger partial charge in [-0.2, -0.15) is 0 Å². The Morgan fingerprint density at radius 3 is 2.54 bits per heavy atom. The molecule has 0 unspecified atom stereocenters. The molecular weight excluding hydrogens is 328 g/mol.